The fourth-order valence-electron chi connectivity index (χ4n) is 2.96. The van der Waals surface area contributed by atoms with Gasteiger partial charge in [0.25, 0.3) is 0 Å². The van der Waals surface area contributed by atoms with Crippen molar-refractivity contribution in [1.82, 2.24) is 5.32 Å². The van der Waals surface area contributed by atoms with Crippen molar-refractivity contribution in [3.8, 4) is 5.75 Å². The van der Waals surface area contributed by atoms with Crippen molar-refractivity contribution in [1.29, 1.82) is 0 Å². The van der Waals surface area contributed by atoms with Gasteiger partial charge in [-0.3, -0.25) is 0 Å². The van der Waals surface area contributed by atoms with Gasteiger partial charge in [-0.15, -0.1) is 0 Å². The predicted molar refractivity (Wildman–Crippen MR) is 90.3 cm³/mol. The number of anilines is 1. The summed E-state index contributed by atoms with van der Waals surface area (Å²) in [7, 11) is 3.92. The van der Waals surface area contributed by atoms with Gasteiger partial charge < -0.3 is 15.0 Å². The average molecular weight is 290 g/mol. The zero-order valence-corrected chi connectivity index (χ0v) is 14.0. The van der Waals surface area contributed by atoms with E-state index in [0.717, 1.165) is 24.9 Å². The molecule has 1 saturated carbocycles. The first-order valence-electron chi connectivity index (χ1n) is 8.21. The van der Waals surface area contributed by atoms with Crippen LogP contribution in [-0.2, 0) is 0 Å². The van der Waals surface area contributed by atoms with Crippen molar-refractivity contribution in [2.75, 3.05) is 32.1 Å². The summed E-state index contributed by atoms with van der Waals surface area (Å²) >= 11 is 0. The fourth-order valence-corrected chi connectivity index (χ4v) is 2.96. The lowest BCUT2D eigenvalue weighted by Crippen LogP contribution is -2.43. The van der Waals surface area contributed by atoms with E-state index >= 15 is 0 Å². The molecule has 0 radical (unpaired) electrons. The lowest BCUT2D eigenvalue weighted by atomic mass is 9.81. The summed E-state index contributed by atoms with van der Waals surface area (Å²) < 4.78 is 5.50. The molecule has 2 rings (SSSR count). The molecule has 1 aliphatic carbocycles. The molecule has 0 atom stereocenters. The van der Waals surface area contributed by atoms with Crippen molar-refractivity contribution < 1.29 is 4.74 Å². The van der Waals surface area contributed by atoms with Gasteiger partial charge in [0, 0.05) is 26.2 Å². The summed E-state index contributed by atoms with van der Waals surface area (Å²) in [6.45, 7) is 6.80. The van der Waals surface area contributed by atoms with E-state index in [1.54, 1.807) is 7.11 Å². The molecule has 1 aliphatic rings. The van der Waals surface area contributed by atoms with E-state index in [2.05, 4.69) is 43.2 Å². The second kappa shape index (κ2) is 7.17. The topological polar surface area (TPSA) is 24.5 Å². The second-order valence-corrected chi connectivity index (χ2v) is 6.39. The van der Waals surface area contributed by atoms with Crippen LogP contribution in [0.4, 0.5) is 5.69 Å². The molecule has 0 spiro atoms. The van der Waals surface area contributed by atoms with E-state index in [4.69, 9.17) is 4.74 Å². The second-order valence-electron chi connectivity index (χ2n) is 6.39. The molecular weight excluding hydrogens is 260 g/mol. The Morgan fingerprint density at radius 2 is 1.90 bits per heavy atom. The SMILES string of the molecule is CCC(CC)(CNC1CC1)CN(C)c1ccccc1OC. The maximum atomic E-state index is 5.50. The monoisotopic (exact) mass is 290 g/mol. The molecule has 1 fully saturated rings. The summed E-state index contributed by atoms with van der Waals surface area (Å²) in [4.78, 5) is 2.35. The van der Waals surface area contributed by atoms with E-state index in [9.17, 15) is 0 Å². The molecule has 1 N–H and O–H groups in total. The molecule has 118 valence electrons. The fraction of sp³-hybridized carbons (Fsp3) is 0.667. The maximum Gasteiger partial charge on any atom is 0.142 e. The third kappa shape index (κ3) is 4.13. The smallest absolute Gasteiger partial charge is 0.142 e. The van der Waals surface area contributed by atoms with E-state index in [1.165, 1.54) is 31.4 Å². The number of benzene rings is 1. The zero-order valence-electron chi connectivity index (χ0n) is 14.0. The minimum Gasteiger partial charge on any atom is -0.495 e. The number of nitrogens with one attached hydrogen (secondary N) is 1. The molecule has 3 heteroatoms. The van der Waals surface area contributed by atoms with Crippen LogP contribution in [0.2, 0.25) is 0 Å². The van der Waals surface area contributed by atoms with Crippen molar-refractivity contribution in [2.24, 2.45) is 5.41 Å². The van der Waals surface area contributed by atoms with Crippen LogP contribution >= 0.6 is 0 Å². The van der Waals surface area contributed by atoms with Crippen LogP contribution in [0, 0.1) is 5.41 Å². The average Bonchev–Trinajstić information content (AvgIpc) is 3.35. The van der Waals surface area contributed by atoms with E-state index in [-0.39, 0.29) is 0 Å². The van der Waals surface area contributed by atoms with Gasteiger partial charge in [-0.05, 0) is 43.2 Å². The summed E-state index contributed by atoms with van der Waals surface area (Å²) in [5.41, 5.74) is 1.51. The third-order valence-electron chi connectivity index (χ3n) is 4.91. The molecule has 0 aliphatic heterocycles. The van der Waals surface area contributed by atoms with Crippen LogP contribution in [0.5, 0.6) is 5.75 Å². The van der Waals surface area contributed by atoms with Gasteiger partial charge in [0.15, 0.2) is 0 Å². The van der Waals surface area contributed by atoms with Crippen LogP contribution < -0.4 is 15.0 Å². The van der Waals surface area contributed by atoms with Crippen molar-refractivity contribution in [3.63, 3.8) is 0 Å². The largest absolute Gasteiger partial charge is 0.495 e. The Hall–Kier alpha value is -1.22. The van der Waals surface area contributed by atoms with Gasteiger partial charge in [-0.1, -0.05) is 26.0 Å². The Bertz CT molecular complexity index is 439. The molecule has 1 aromatic rings. The number of hydrogen-bond acceptors (Lipinski definition) is 3. The van der Waals surface area contributed by atoms with Gasteiger partial charge in [-0.25, -0.2) is 0 Å². The first-order valence-corrected chi connectivity index (χ1v) is 8.21. The Labute approximate surface area is 129 Å². The quantitative estimate of drug-likeness (QED) is 0.750. The van der Waals surface area contributed by atoms with Gasteiger partial charge in [0.2, 0.25) is 0 Å². The molecule has 1 aromatic carbocycles. The standard InChI is InChI=1S/C18H30N2O/c1-5-18(6-2,13-19-15-11-12-15)14-20(3)16-9-7-8-10-17(16)21-4/h7-10,15,19H,5-6,11-14H2,1-4H3. The van der Waals surface area contributed by atoms with E-state index in [1.807, 2.05) is 12.1 Å². The highest BCUT2D eigenvalue weighted by Gasteiger charge is 2.31. The van der Waals surface area contributed by atoms with Gasteiger partial charge >= 0.3 is 0 Å². The first kappa shape index (κ1) is 16.2. The summed E-state index contributed by atoms with van der Waals surface area (Å²) in [5.74, 6) is 0.955. The van der Waals surface area contributed by atoms with Crippen molar-refractivity contribution >= 4 is 5.69 Å². The van der Waals surface area contributed by atoms with Gasteiger partial charge in [-0.2, -0.15) is 0 Å². The van der Waals surface area contributed by atoms with Gasteiger partial charge in [0.1, 0.15) is 5.75 Å². The Balaban J connectivity index is 2.07. The molecule has 0 heterocycles. The van der Waals surface area contributed by atoms with Gasteiger partial charge in [0.05, 0.1) is 12.8 Å². The normalized spacial score (nSPS) is 15.0. The summed E-state index contributed by atoms with van der Waals surface area (Å²) in [6.07, 6.45) is 5.10. The van der Waals surface area contributed by atoms with Crippen LogP contribution in [0.3, 0.4) is 0 Å². The van der Waals surface area contributed by atoms with Crippen LogP contribution in [-0.4, -0.2) is 33.3 Å². The highest BCUT2D eigenvalue weighted by molar-refractivity contribution is 5.58. The van der Waals surface area contributed by atoms with Crippen molar-refractivity contribution in [3.05, 3.63) is 24.3 Å². The Morgan fingerprint density at radius 1 is 1.24 bits per heavy atom. The highest BCUT2D eigenvalue weighted by Crippen LogP contribution is 2.33. The molecule has 0 amide bonds. The molecule has 21 heavy (non-hydrogen) atoms. The molecule has 0 aromatic heterocycles. The number of rotatable bonds is 9. The number of hydrogen-bond donors (Lipinski definition) is 1. The molecular formula is C18H30N2O. The summed E-state index contributed by atoms with van der Waals surface area (Å²) in [6, 6.07) is 9.06. The van der Waals surface area contributed by atoms with Crippen LogP contribution in [0.15, 0.2) is 24.3 Å². The molecule has 0 unspecified atom stereocenters. The zero-order chi connectivity index (χ0) is 15.3. The maximum absolute atomic E-state index is 5.50. The first-order chi connectivity index (χ1) is 10.1. The van der Waals surface area contributed by atoms with Crippen LogP contribution in [0.1, 0.15) is 39.5 Å². The lowest BCUT2D eigenvalue weighted by Gasteiger charge is -2.37. The van der Waals surface area contributed by atoms with E-state index < -0.39 is 0 Å². The predicted octanol–water partition coefficient (Wildman–Crippen LogP) is 3.69. The Kier molecular flexibility index (Phi) is 5.51. The van der Waals surface area contributed by atoms with E-state index in [0.29, 0.717) is 5.41 Å². The molecule has 0 bridgehead atoms. The number of para-hydroxylation sites is 2. The van der Waals surface area contributed by atoms with Crippen LogP contribution in [0.25, 0.3) is 0 Å². The molecule has 3 nitrogen and oxygen atoms in total. The summed E-state index contributed by atoms with van der Waals surface area (Å²) in [5, 5.41) is 3.73. The minimum absolute atomic E-state index is 0.332. The minimum atomic E-state index is 0.332. The molecule has 0 saturated heterocycles. The number of ether oxygens (including phenoxy) is 1. The lowest BCUT2D eigenvalue weighted by molar-refractivity contribution is 0.254. The highest BCUT2D eigenvalue weighted by atomic mass is 16.5. The Morgan fingerprint density at radius 3 is 2.48 bits per heavy atom. The van der Waals surface area contributed by atoms with Crippen molar-refractivity contribution in [2.45, 2.75) is 45.6 Å². The number of nitrogens with zero attached hydrogens (tertiary/aromatic N) is 1. The third-order valence-corrected chi connectivity index (χ3v) is 4.91. The number of methoxy groups -OCH3 is 1.